The van der Waals surface area contributed by atoms with Crippen molar-refractivity contribution in [1.29, 1.82) is 0 Å². The molecule has 4 heteroatoms. The van der Waals surface area contributed by atoms with Crippen molar-refractivity contribution < 1.29 is 18.9 Å². The average Bonchev–Trinajstić information content (AvgIpc) is 2.46. The highest BCUT2D eigenvalue weighted by atomic mass is 16.5. The van der Waals surface area contributed by atoms with E-state index in [4.69, 9.17) is 18.9 Å². The van der Waals surface area contributed by atoms with Crippen LogP contribution in [0.3, 0.4) is 0 Å². The zero-order chi connectivity index (χ0) is 15.3. The first-order chi connectivity index (χ1) is 9.61. The fourth-order valence-electron chi connectivity index (χ4n) is 2.08. The summed E-state index contributed by atoms with van der Waals surface area (Å²) < 4.78 is 22.4. The number of hydrogen-bond acceptors (Lipinski definition) is 4. The Morgan fingerprint density at radius 1 is 0.700 bits per heavy atom. The van der Waals surface area contributed by atoms with Crippen LogP contribution in [0.2, 0.25) is 0 Å². The lowest BCUT2D eigenvalue weighted by molar-refractivity contribution is -0.0160. The van der Waals surface area contributed by atoms with E-state index in [-0.39, 0.29) is 5.41 Å². The molecule has 0 saturated carbocycles. The zero-order valence-electron chi connectivity index (χ0n) is 14.0. The molecule has 0 aromatic heterocycles. The van der Waals surface area contributed by atoms with Crippen molar-refractivity contribution in [2.24, 2.45) is 5.41 Å². The minimum Gasteiger partial charge on any atom is -0.381 e. The molecule has 0 aromatic rings. The van der Waals surface area contributed by atoms with Crippen molar-refractivity contribution in [3.8, 4) is 0 Å². The molecule has 0 amide bonds. The summed E-state index contributed by atoms with van der Waals surface area (Å²) >= 11 is 0. The second kappa shape index (κ2) is 12.6. The lowest BCUT2D eigenvalue weighted by atomic mass is 9.82. The summed E-state index contributed by atoms with van der Waals surface area (Å²) in [5, 5.41) is 0. The summed E-state index contributed by atoms with van der Waals surface area (Å²) in [5.41, 5.74) is -0.0183. The van der Waals surface area contributed by atoms with Crippen LogP contribution in [-0.2, 0) is 18.9 Å². The average molecular weight is 289 g/mol. The Balaban J connectivity index is 4.48. The molecule has 0 unspecified atom stereocenters. The predicted molar refractivity (Wildman–Crippen MR) is 81.9 cm³/mol. The molecule has 0 rings (SSSR count). The maximum atomic E-state index is 5.63. The SMILES string of the molecule is CCOC[C](COCC)CC(C)(COCC)COCC. The van der Waals surface area contributed by atoms with E-state index in [2.05, 4.69) is 6.92 Å². The van der Waals surface area contributed by atoms with Gasteiger partial charge in [0.25, 0.3) is 0 Å². The lowest BCUT2D eigenvalue weighted by Gasteiger charge is -2.32. The van der Waals surface area contributed by atoms with Crippen LogP contribution in [0.1, 0.15) is 41.0 Å². The zero-order valence-corrected chi connectivity index (χ0v) is 14.0. The normalized spacial score (nSPS) is 12.3. The largest absolute Gasteiger partial charge is 0.381 e. The van der Waals surface area contributed by atoms with Gasteiger partial charge in [-0.05, 0) is 34.1 Å². The monoisotopic (exact) mass is 289 g/mol. The van der Waals surface area contributed by atoms with E-state index < -0.39 is 0 Å². The van der Waals surface area contributed by atoms with Crippen LogP contribution >= 0.6 is 0 Å². The van der Waals surface area contributed by atoms with E-state index in [1.54, 1.807) is 0 Å². The van der Waals surface area contributed by atoms with Gasteiger partial charge in [-0.2, -0.15) is 0 Å². The molecule has 0 atom stereocenters. The first-order valence-corrected chi connectivity index (χ1v) is 7.76. The van der Waals surface area contributed by atoms with Crippen LogP contribution in [0.15, 0.2) is 0 Å². The Morgan fingerprint density at radius 3 is 1.45 bits per heavy atom. The molecule has 20 heavy (non-hydrogen) atoms. The molecule has 4 nitrogen and oxygen atoms in total. The van der Waals surface area contributed by atoms with Crippen LogP contribution in [0.5, 0.6) is 0 Å². The minimum absolute atomic E-state index is 0.0183. The molecule has 0 aliphatic heterocycles. The quantitative estimate of drug-likeness (QED) is 0.492. The molecule has 0 aliphatic rings. The summed E-state index contributed by atoms with van der Waals surface area (Å²) in [7, 11) is 0. The smallest absolute Gasteiger partial charge is 0.0551 e. The summed E-state index contributed by atoms with van der Waals surface area (Å²) in [6.07, 6.45) is 0.910. The Morgan fingerprint density at radius 2 is 1.10 bits per heavy atom. The number of rotatable bonds is 14. The Hall–Kier alpha value is -0.160. The van der Waals surface area contributed by atoms with Gasteiger partial charge in [-0.3, -0.25) is 0 Å². The van der Waals surface area contributed by atoms with Crippen molar-refractivity contribution in [2.45, 2.75) is 41.0 Å². The molecule has 0 saturated heterocycles. The summed E-state index contributed by atoms with van der Waals surface area (Å²) in [6.45, 7) is 15.9. The predicted octanol–water partition coefficient (Wildman–Crippen LogP) is 3.10. The van der Waals surface area contributed by atoms with Gasteiger partial charge in [-0.15, -0.1) is 0 Å². The number of ether oxygens (including phenoxy) is 4. The summed E-state index contributed by atoms with van der Waals surface area (Å²) in [4.78, 5) is 0. The highest BCUT2D eigenvalue weighted by Crippen LogP contribution is 2.29. The van der Waals surface area contributed by atoms with Gasteiger partial charge in [0.2, 0.25) is 0 Å². The molecular weight excluding hydrogens is 256 g/mol. The maximum absolute atomic E-state index is 5.63. The highest BCUT2D eigenvalue weighted by Gasteiger charge is 2.29. The van der Waals surface area contributed by atoms with E-state index in [0.717, 1.165) is 32.8 Å². The van der Waals surface area contributed by atoms with Gasteiger partial charge < -0.3 is 18.9 Å². The molecule has 0 heterocycles. The van der Waals surface area contributed by atoms with Gasteiger partial charge in [-0.25, -0.2) is 0 Å². The third-order valence-corrected chi connectivity index (χ3v) is 3.01. The molecule has 0 spiro atoms. The topological polar surface area (TPSA) is 36.9 Å². The highest BCUT2D eigenvalue weighted by molar-refractivity contribution is 4.96. The Labute approximate surface area is 125 Å². The van der Waals surface area contributed by atoms with Gasteiger partial charge in [0, 0.05) is 37.8 Å². The third-order valence-electron chi connectivity index (χ3n) is 3.01. The lowest BCUT2D eigenvalue weighted by Crippen LogP contribution is -2.33. The summed E-state index contributed by atoms with van der Waals surface area (Å²) in [6, 6.07) is 0. The van der Waals surface area contributed by atoms with E-state index >= 15 is 0 Å². The van der Waals surface area contributed by atoms with Gasteiger partial charge in [0.05, 0.1) is 26.4 Å². The van der Waals surface area contributed by atoms with Gasteiger partial charge in [-0.1, -0.05) is 6.92 Å². The molecule has 1 radical (unpaired) electrons. The van der Waals surface area contributed by atoms with Crippen molar-refractivity contribution in [3.63, 3.8) is 0 Å². The molecule has 0 aromatic carbocycles. The van der Waals surface area contributed by atoms with Crippen molar-refractivity contribution in [2.75, 3.05) is 52.9 Å². The second-order valence-electron chi connectivity index (χ2n) is 5.29. The first-order valence-electron chi connectivity index (χ1n) is 7.76. The minimum atomic E-state index is -0.0183. The molecule has 0 fully saturated rings. The van der Waals surface area contributed by atoms with Crippen molar-refractivity contribution in [3.05, 3.63) is 5.92 Å². The standard InChI is InChI=1S/C16H33O4/c1-6-17-11-15(12-18-7-2)10-16(5,13-19-8-3)14-20-9-4/h6-14H2,1-5H3. The van der Waals surface area contributed by atoms with Crippen LogP contribution in [0.25, 0.3) is 0 Å². The van der Waals surface area contributed by atoms with Crippen LogP contribution in [0.4, 0.5) is 0 Å². The van der Waals surface area contributed by atoms with Gasteiger partial charge in [0.1, 0.15) is 0 Å². The Bertz CT molecular complexity index is 193. The second-order valence-corrected chi connectivity index (χ2v) is 5.29. The van der Waals surface area contributed by atoms with E-state index in [9.17, 15) is 0 Å². The van der Waals surface area contributed by atoms with Crippen LogP contribution < -0.4 is 0 Å². The molecule has 0 N–H and O–H groups in total. The van der Waals surface area contributed by atoms with E-state index in [0.29, 0.717) is 26.4 Å². The van der Waals surface area contributed by atoms with Gasteiger partial charge in [0.15, 0.2) is 0 Å². The number of hydrogen-bond donors (Lipinski definition) is 0. The van der Waals surface area contributed by atoms with Crippen molar-refractivity contribution in [1.82, 2.24) is 0 Å². The Kier molecular flexibility index (Phi) is 12.5. The third kappa shape index (κ3) is 9.70. The fourth-order valence-corrected chi connectivity index (χ4v) is 2.08. The van der Waals surface area contributed by atoms with E-state index in [1.807, 2.05) is 27.7 Å². The fraction of sp³-hybridized carbons (Fsp3) is 0.938. The van der Waals surface area contributed by atoms with Crippen molar-refractivity contribution >= 4 is 0 Å². The van der Waals surface area contributed by atoms with Crippen LogP contribution in [-0.4, -0.2) is 52.9 Å². The molecule has 0 bridgehead atoms. The maximum Gasteiger partial charge on any atom is 0.0551 e. The molecule has 0 aliphatic carbocycles. The van der Waals surface area contributed by atoms with Crippen LogP contribution in [0, 0.1) is 11.3 Å². The molecule has 121 valence electrons. The molecular formula is C16H33O4. The van der Waals surface area contributed by atoms with E-state index in [1.165, 1.54) is 5.92 Å². The van der Waals surface area contributed by atoms with Gasteiger partial charge >= 0.3 is 0 Å². The first kappa shape index (κ1) is 19.8. The summed E-state index contributed by atoms with van der Waals surface area (Å²) in [5.74, 6) is 1.27.